The van der Waals surface area contributed by atoms with Gasteiger partial charge in [0, 0.05) is 13.0 Å². The predicted molar refractivity (Wildman–Crippen MR) is 130 cm³/mol. The lowest BCUT2D eigenvalue weighted by molar-refractivity contribution is -0.146. The van der Waals surface area contributed by atoms with E-state index in [1.165, 1.54) is 7.11 Å². The summed E-state index contributed by atoms with van der Waals surface area (Å²) in [5.41, 5.74) is 2.96. The third-order valence-corrected chi connectivity index (χ3v) is 7.29. The minimum Gasteiger partial charge on any atom is -0.480 e. The molecule has 0 heterocycles. The van der Waals surface area contributed by atoms with Crippen molar-refractivity contribution >= 4 is 18.0 Å². The van der Waals surface area contributed by atoms with E-state index in [0.717, 1.165) is 41.5 Å². The highest BCUT2D eigenvalue weighted by Gasteiger charge is 2.43. The number of carbonyl (C=O) groups is 3. The van der Waals surface area contributed by atoms with E-state index in [9.17, 15) is 19.5 Å². The zero-order valence-corrected chi connectivity index (χ0v) is 20.1. The maximum atomic E-state index is 13.2. The van der Waals surface area contributed by atoms with Crippen molar-refractivity contribution in [2.75, 3.05) is 20.3 Å². The average molecular weight is 481 g/mol. The highest BCUT2D eigenvalue weighted by atomic mass is 16.5. The van der Waals surface area contributed by atoms with Crippen molar-refractivity contribution in [2.24, 2.45) is 5.92 Å². The van der Waals surface area contributed by atoms with Gasteiger partial charge in [0.15, 0.2) is 0 Å². The van der Waals surface area contributed by atoms with E-state index >= 15 is 0 Å². The van der Waals surface area contributed by atoms with Gasteiger partial charge in [0.25, 0.3) is 0 Å². The Morgan fingerprint density at radius 2 is 1.66 bits per heavy atom. The average Bonchev–Trinajstić information content (AvgIpc) is 3.14. The normalized spacial score (nSPS) is 17.3. The lowest BCUT2D eigenvalue weighted by Gasteiger charge is -2.36. The molecule has 8 nitrogen and oxygen atoms in total. The van der Waals surface area contributed by atoms with Crippen molar-refractivity contribution in [3.8, 4) is 11.1 Å². The highest BCUT2D eigenvalue weighted by Crippen LogP contribution is 2.44. The van der Waals surface area contributed by atoms with Crippen molar-refractivity contribution in [1.29, 1.82) is 0 Å². The molecule has 186 valence electrons. The molecule has 1 saturated carbocycles. The van der Waals surface area contributed by atoms with Crippen LogP contribution in [0.4, 0.5) is 4.79 Å². The summed E-state index contributed by atoms with van der Waals surface area (Å²) in [4.78, 5) is 37.9. The van der Waals surface area contributed by atoms with Gasteiger partial charge >= 0.3 is 12.1 Å². The first-order valence-corrected chi connectivity index (χ1v) is 12.1. The van der Waals surface area contributed by atoms with Crippen LogP contribution in [-0.2, 0) is 19.1 Å². The number of rotatable bonds is 10. The molecule has 2 atom stereocenters. The molecular weight excluding hydrogens is 448 g/mol. The van der Waals surface area contributed by atoms with Crippen LogP contribution in [0.2, 0.25) is 0 Å². The number of fused-ring (bicyclic) bond motifs is 3. The molecule has 1 fully saturated rings. The number of alkyl carbamates (subject to hydrolysis) is 1. The summed E-state index contributed by atoms with van der Waals surface area (Å²) in [6.45, 7) is 1.73. The number of methoxy groups -OCH3 is 1. The molecule has 0 bridgehead atoms. The number of carboxylic acid groups (broad SMARTS) is 1. The van der Waals surface area contributed by atoms with Crippen LogP contribution in [0.15, 0.2) is 48.5 Å². The summed E-state index contributed by atoms with van der Waals surface area (Å²) in [6, 6.07) is 15.1. The van der Waals surface area contributed by atoms with Gasteiger partial charge in [-0.05, 0) is 47.4 Å². The Bertz CT molecular complexity index is 1050. The number of aliphatic carboxylic acids is 1. The molecule has 35 heavy (non-hydrogen) atoms. The van der Waals surface area contributed by atoms with Gasteiger partial charge < -0.3 is 25.2 Å². The molecule has 2 aromatic carbocycles. The molecule has 0 saturated heterocycles. The van der Waals surface area contributed by atoms with Crippen molar-refractivity contribution in [3.63, 3.8) is 0 Å². The Balaban J connectivity index is 1.46. The fraction of sp³-hybridized carbons (Fsp3) is 0.444. The largest absolute Gasteiger partial charge is 0.480 e. The first-order chi connectivity index (χ1) is 16.9. The third kappa shape index (κ3) is 4.89. The van der Waals surface area contributed by atoms with E-state index in [0.29, 0.717) is 0 Å². The summed E-state index contributed by atoms with van der Waals surface area (Å²) >= 11 is 0. The molecular formula is C27H32N2O6. The van der Waals surface area contributed by atoms with Crippen molar-refractivity contribution < 1.29 is 29.0 Å². The van der Waals surface area contributed by atoms with Gasteiger partial charge in [0.1, 0.15) is 18.2 Å². The van der Waals surface area contributed by atoms with Crippen LogP contribution >= 0.6 is 0 Å². The molecule has 4 rings (SSSR count). The van der Waals surface area contributed by atoms with E-state index in [1.54, 1.807) is 6.92 Å². The monoisotopic (exact) mass is 480 g/mol. The van der Waals surface area contributed by atoms with Gasteiger partial charge in [-0.15, -0.1) is 0 Å². The third-order valence-electron chi connectivity index (χ3n) is 7.29. The van der Waals surface area contributed by atoms with Crippen LogP contribution in [-0.4, -0.2) is 55.0 Å². The van der Waals surface area contributed by atoms with Crippen LogP contribution in [0.25, 0.3) is 11.1 Å². The standard InChI is InChI=1S/C27H32N2O6/c1-3-27(16-34-2,25(32)28-23(24(30)31)17-9-8-10-17)29-26(33)35-15-22-20-13-6-4-11-18(20)19-12-5-7-14-21(19)22/h4-7,11-14,17,22-23H,3,8-10,15-16H2,1-2H3,(H,28,32)(H,29,33)(H,30,31). The smallest absolute Gasteiger partial charge is 0.408 e. The Labute approximate surface area is 205 Å². The summed E-state index contributed by atoms with van der Waals surface area (Å²) in [6.07, 6.45) is 1.89. The predicted octanol–water partition coefficient (Wildman–Crippen LogP) is 3.69. The second-order valence-corrected chi connectivity index (χ2v) is 9.30. The Morgan fingerprint density at radius 3 is 2.14 bits per heavy atom. The molecule has 2 aromatic rings. The summed E-state index contributed by atoms with van der Waals surface area (Å²) in [7, 11) is 1.43. The van der Waals surface area contributed by atoms with Crippen LogP contribution in [0, 0.1) is 5.92 Å². The second-order valence-electron chi connectivity index (χ2n) is 9.30. The number of benzene rings is 2. The second kappa shape index (κ2) is 10.5. The van der Waals surface area contributed by atoms with Crippen LogP contribution < -0.4 is 10.6 Å². The number of amides is 2. The highest BCUT2D eigenvalue weighted by molar-refractivity contribution is 5.93. The minimum atomic E-state index is -1.45. The zero-order chi connectivity index (χ0) is 25.0. The van der Waals surface area contributed by atoms with E-state index < -0.39 is 29.6 Å². The number of hydrogen-bond donors (Lipinski definition) is 3. The number of hydrogen-bond acceptors (Lipinski definition) is 5. The molecule has 0 aromatic heterocycles. The number of carboxylic acids is 1. The molecule has 0 radical (unpaired) electrons. The minimum absolute atomic E-state index is 0.105. The van der Waals surface area contributed by atoms with E-state index in [1.807, 2.05) is 36.4 Å². The van der Waals surface area contributed by atoms with Crippen LogP contribution in [0.3, 0.4) is 0 Å². The fourth-order valence-corrected chi connectivity index (χ4v) is 5.02. The molecule has 0 aliphatic heterocycles. The quantitative estimate of drug-likeness (QED) is 0.478. The number of carbonyl (C=O) groups excluding carboxylic acids is 2. The number of ether oxygens (including phenoxy) is 2. The topological polar surface area (TPSA) is 114 Å². The summed E-state index contributed by atoms with van der Waals surface area (Å²) < 4.78 is 10.9. The van der Waals surface area contributed by atoms with Gasteiger partial charge in [0.2, 0.25) is 5.91 Å². The summed E-state index contributed by atoms with van der Waals surface area (Å²) in [5, 5.41) is 14.9. The molecule has 2 amide bonds. The molecule has 3 N–H and O–H groups in total. The lowest BCUT2D eigenvalue weighted by Crippen LogP contribution is -2.64. The van der Waals surface area contributed by atoms with E-state index in [4.69, 9.17) is 9.47 Å². The number of nitrogens with one attached hydrogen (secondary N) is 2. The molecule has 0 spiro atoms. The zero-order valence-electron chi connectivity index (χ0n) is 20.1. The Kier molecular flexibility index (Phi) is 7.40. The Morgan fingerprint density at radius 1 is 1.06 bits per heavy atom. The molecule has 8 heteroatoms. The SMILES string of the molecule is CCC(COC)(NC(=O)OCC1c2ccccc2-c2ccccc21)C(=O)NC(C(=O)O)C1CCC1. The van der Waals surface area contributed by atoms with Gasteiger partial charge in [-0.3, -0.25) is 4.79 Å². The van der Waals surface area contributed by atoms with Crippen LogP contribution in [0.1, 0.15) is 49.7 Å². The first-order valence-electron chi connectivity index (χ1n) is 12.1. The van der Waals surface area contributed by atoms with Crippen molar-refractivity contribution in [3.05, 3.63) is 59.7 Å². The van der Waals surface area contributed by atoms with Gasteiger partial charge in [-0.1, -0.05) is 61.9 Å². The molecule has 2 unspecified atom stereocenters. The van der Waals surface area contributed by atoms with Crippen molar-refractivity contribution in [2.45, 2.75) is 50.1 Å². The fourth-order valence-electron chi connectivity index (χ4n) is 5.02. The lowest BCUT2D eigenvalue weighted by atomic mass is 9.79. The maximum Gasteiger partial charge on any atom is 0.408 e. The van der Waals surface area contributed by atoms with Crippen molar-refractivity contribution in [1.82, 2.24) is 10.6 Å². The summed E-state index contributed by atoms with van der Waals surface area (Å²) in [5.74, 6) is -1.89. The molecule has 2 aliphatic carbocycles. The van der Waals surface area contributed by atoms with Gasteiger partial charge in [-0.25, -0.2) is 9.59 Å². The Hall–Kier alpha value is -3.39. The first kappa shape index (κ1) is 24.7. The van der Waals surface area contributed by atoms with Gasteiger partial charge in [-0.2, -0.15) is 0 Å². The van der Waals surface area contributed by atoms with Crippen LogP contribution in [0.5, 0.6) is 0 Å². The van der Waals surface area contributed by atoms with E-state index in [2.05, 4.69) is 22.8 Å². The van der Waals surface area contributed by atoms with Gasteiger partial charge in [0.05, 0.1) is 6.61 Å². The maximum absolute atomic E-state index is 13.2. The van der Waals surface area contributed by atoms with E-state index in [-0.39, 0.29) is 31.5 Å². The molecule has 2 aliphatic rings.